The number of hydrogen-bond acceptors (Lipinski definition) is 3. The third-order valence-electron chi connectivity index (χ3n) is 5.12. The summed E-state index contributed by atoms with van der Waals surface area (Å²) < 4.78 is 0. The molecule has 1 saturated heterocycles. The van der Waals surface area contributed by atoms with Crippen LogP contribution in [0, 0.1) is 34.0 Å². The molecule has 0 aromatic rings. The van der Waals surface area contributed by atoms with Gasteiger partial charge in [0.15, 0.2) is 5.78 Å². The van der Waals surface area contributed by atoms with Gasteiger partial charge in [0, 0.05) is 29.8 Å². The third kappa shape index (κ3) is 2.39. The van der Waals surface area contributed by atoms with Gasteiger partial charge in [0.05, 0.1) is 5.57 Å². The van der Waals surface area contributed by atoms with E-state index in [9.17, 15) is 14.9 Å². The molecule has 21 heavy (non-hydrogen) atoms. The fourth-order valence-electron chi connectivity index (χ4n) is 4.08. The monoisotopic (exact) mass is 288 g/mol. The zero-order chi connectivity index (χ0) is 16.0. The van der Waals surface area contributed by atoms with Gasteiger partial charge < -0.3 is 4.90 Å². The van der Waals surface area contributed by atoms with Crippen LogP contribution in [-0.2, 0) is 9.59 Å². The summed E-state index contributed by atoms with van der Waals surface area (Å²) in [5.41, 5.74) is -0.593. The maximum Gasteiger partial charge on any atom is 0.225 e. The first-order chi connectivity index (χ1) is 9.63. The predicted octanol–water partition coefficient (Wildman–Crippen LogP) is 2.56. The number of hydrogen-bond donors (Lipinski definition) is 0. The van der Waals surface area contributed by atoms with Gasteiger partial charge in [-0.25, -0.2) is 0 Å². The summed E-state index contributed by atoms with van der Waals surface area (Å²) in [5.74, 6) is 0.237. The first kappa shape index (κ1) is 15.8. The maximum absolute atomic E-state index is 12.4. The summed E-state index contributed by atoms with van der Waals surface area (Å²) in [5, 5.41) is 9.24. The number of nitrogens with zero attached hydrogens (tertiary/aromatic N) is 2. The van der Waals surface area contributed by atoms with E-state index in [1.807, 2.05) is 44.7 Å². The summed E-state index contributed by atoms with van der Waals surface area (Å²) in [7, 11) is 0. The van der Waals surface area contributed by atoms with Crippen LogP contribution in [0.15, 0.2) is 11.6 Å². The molecule has 2 atom stereocenters. The number of carbonyl (C=O) groups excluding carboxylic acids is 2. The van der Waals surface area contributed by atoms with Crippen molar-refractivity contribution >= 4 is 11.7 Å². The molecule has 1 heterocycles. The number of rotatable bonds is 1. The van der Waals surface area contributed by atoms with Crippen molar-refractivity contribution in [3.05, 3.63) is 11.6 Å². The number of Topliss-reactive ketones (excluding diaryl/α,β-unsaturated/α-hetero) is 1. The van der Waals surface area contributed by atoms with Crippen LogP contribution in [-0.4, -0.2) is 29.7 Å². The van der Waals surface area contributed by atoms with Crippen molar-refractivity contribution in [3.63, 3.8) is 0 Å². The van der Waals surface area contributed by atoms with Crippen molar-refractivity contribution in [2.24, 2.45) is 22.7 Å². The molecule has 0 aromatic carbocycles. The SMILES string of the molecule is CC(C)C(=O)N1CC[C@@H]2C(C)(C)C(=O)C(C#N)=C[C@@]2(C)C1. The number of allylic oxidation sites excluding steroid dienone is 1. The van der Waals surface area contributed by atoms with Gasteiger partial charge in [0.1, 0.15) is 6.07 Å². The largest absolute Gasteiger partial charge is 0.342 e. The van der Waals surface area contributed by atoms with E-state index in [2.05, 4.69) is 6.92 Å². The van der Waals surface area contributed by atoms with Crippen molar-refractivity contribution in [1.82, 2.24) is 4.90 Å². The summed E-state index contributed by atoms with van der Waals surface area (Å²) in [4.78, 5) is 26.6. The van der Waals surface area contributed by atoms with Crippen LogP contribution in [0.1, 0.15) is 41.0 Å². The van der Waals surface area contributed by atoms with Gasteiger partial charge in [-0.2, -0.15) is 5.26 Å². The Labute approximate surface area is 126 Å². The molecular weight excluding hydrogens is 264 g/mol. The van der Waals surface area contributed by atoms with Crippen molar-refractivity contribution in [2.45, 2.75) is 41.0 Å². The Morgan fingerprint density at radius 2 is 2.05 bits per heavy atom. The number of ketones is 1. The average Bonchev–Trinajstić information content (AvgIpc) is 2.41. The minimum atomic E-state index is -0.540. The Bertz CT molecular complexity index is 554. The van der Waals surface area contributed by atoms with E-state index >= 15 is 0 Å². The van der Waals surface area contributed by atoms with Crippen LogP contribution in [0.25, 0.3) is 0 Å². The Hall–Kier alpha value is -1.63. The van der Waals surface area contributed by atoms with Crippen LogP contribution in [0.4, 0.5) is 0 Å². The Balaban J connectivity index is 2.40. The first-order valence-corrected chi connectivity index (χ1v) is 7.60. The van der Waals surface area contributed by atoms with Crippen molar-refractivity contribution in [1.29, 1.82) is 5.26 Å². The minimum Gasteiger partial charge on any atom is -0.342 e. The van der Waals surface area contributed by atoms with Crippen LogP contribution >= 0.6 is 0 Å². The molecule has 2 aliphatic rings. The molecule has 0 unspecified atom stereocenters. The second-order valence-corrected chi connectivity index (χ2v) is 7.48. The van der Waals surface area contributed by atoms with E-state index in [0.717, 1.165) is 6.42 Å². The summed E-state index contributed by atoms with van der Waals surface area (Å²) >= 11 is 0. The topological polar surface area (TPSA) is 61.2 Å². The smallest absolute Gasteiger partial charge is 0.225 e. The maximum atomic E-state index is 12.4. The van der Waals surface area contributed by atoms with E-state index in [1.54, 1.807) is 0 Å². The lowest BCUT2D eigenvalue weighted by Crippen LogP contribution is -2.57. The summed E-state index contributed by atoms with van der Waals surface area (Å²) in [6.45, 7) is 11.0. The second kappa shape index (κ2) is 4.98. The molecular formula is C17H24N2O2. The number of likely N-dealkylation sites (tertiary alicyclic amines) is 1. The van der Waals surface area contributed by atoms with Gasteiger partial charge in [0.2, 0.25) is 5.91 Å². The molecule has 0 saturated carbocycles. The molecule has 1 amide bonds. The fraction of sp³-hybridized carbons (Fsp3) is 0.706. The van der Waals surface area contributed by atoms with E-state index in [-0.39, 0.29) is 34.5 Å². The van der Waals surface area contributed by atoms with E-state index in [0.29, 0.717) is 13.1 Å². The normalized spacial score (nSPS) is 31.5. The van der Waals surface area contributed by atoms with Crippen molar-refractivity contribution in [2.75, 3.05) is 13.1 Å². The van der Waals surface area contributed by atoms with Crippen molar-refractivity contribution < 1.29 is 9.59 Å². The minimum absolute atomic E-state index is 0.0252. The zero-order valence-electron chi connectivity index (χ0n) is 13.6. The lowest BCUT2D eigenvalue weighted by molar-refractivity contribution is -0.143. The first-order valence-electron chi connectivity index (χ1n) is 7.60. The highest BCUT2D eigenvalue weighted by atomic mass is 16.2. The number of piperidine rings is 1. The van der Waals surface area contributed by atoms with Crippen LogP contribution in [0.2, 0.25) is 0 Å². The predicted molar refractivity (Wildman–Crippen MR) is 80.1 cm³/mol. The van der Waals surface area contributed by atoms with Gasteiger partial charge in [-0.1, -0.05) is 40.7 Å². The van der Waals surface area contributed by atoms with E-state index in [1.165, 1.54) is 0 Å². The standard InChI is InChI=1S/C17H24N2O2/c1-11(2)15(21)19-7-6-13-16(3,4)14(20)12(9-18)8-17(13,5)10-19/h8,11,13H,6-7,10H2,1-5H3/t13-,17+/m1/s1. The van der Waals surface area contributed by atoms with Crippen molar-refractivity contribution in [3.8, 4) is 6.07 Å². The highest BCUT2D eigenvalue weighted by Gasteiger charge is 2.53. The zero-order valence-corrected chi connectivity index (χ0v) is 13.6. The lowest BCUT2D eigenvalue weighted by Gasteiger charge is -2.53. The number of carbonyl (C=O) groups is 2. The van der Waals surface area contributed by atoms with Gasteiger partial charge >= 0.3 is 0 Å². The molecule has 0 N–H and O–H groups in total. The Kier molecular flexibility index (Phi) is 3.73. The van der Waals surface area contributed by atoms with Gasteiger partial charge in [0.25, 0.3) is 0 Å². The second-order valence-electron chi connectivity index (χ2n) is 7.48. The Morgan fingerprint density at radius 3 is 2.57 bits per heavy atom. The molecule has 2 rings (SSSR count). The highest BCUT2D eigenvalue weighted by molar-refractivity contribution is 6.04. The Morgan fingerprint density at radius 1 is 1.43 bits per heavy atom. The molecule has 0 radical (unpaired) electrons. The molecule has 4 heteroatoms. The molecule has 1 aliphatic heterocycles. The van der Waals surface area contributed by atoms with Gasteiger partial charge in [-0.3, -0.25) is 9.59 Å². The molecule has 0 aromatic heterocycles. The third-order valence-corrected chi connectivity index (χ3v) is 5.12. The van der Waals surface area contributed by atoms with E-state index < -0.39 is 5.41 Å². The van der Waals surface area contributed by atoms with Crippen LogP contribution in [0.3, 0.4) is 0 Å². The average molecular weight is 288 g/mol. The molecule has 1 fully saturated rings. The highest BCUT2D eigenvalue weighted by Crippen LogP contribution is 2.52. The molecule has 1 aliphatic carbocycles. The quantitative estimate of drug-likeness (QED) is 0.745. The fourth-order valence-corrected chi connectivity index (χ4v) is 4.08. The number of fused-ring (bicyclic) bond motifs is 1. The number of amides is 1. The van der Waals surface area contributed by atoms with Crippen LogP contribution in [0.5, 0.6) is 0 Å². The molecule has 0 bridgehead atoms. The molecule has 4 nitrogen and oxygen atoms in total. The summed E-state index contributed by atoms with van der Waals surface area (Å²) in [6.07, 6.45) is 2.62. The summed E-state index contributed by atoms with van der Waals surface area (Å²) in [6, 6.07) is 2.04. The number of nitriles is 1. The van der Waals surface area contributed by atoms with Gasteiger partial charge in [-0.05, 0) is 12.3 Å². The lowest BCUT2D eigenvalue weighted by atomic mass is 9.55. The van der Waals surface area contributed by atoms with Gasteiger partial charge in [-0.15, -0.1) is 0 Å². The molecule has 114 valence electrons. The van der Waals surface area contributed by atoms with E-state index in [4.69, 9.17) is 0 Å². The van der Waals surface area contributed by atoms with Crippen LogP contribution < -0.4 is 0 Å². The molecule has 0 spiro atoms.